The maximum absolute atomic E-state index is 4.54. The second-order valence-electron chi connectivity index (χ2n) is 4.26. The van der Waals surface area contributed by atoms with Gasteiger partial charge in [0, 0.05) is 5.92 Å². The van der Waals surface area contributed by atoms with Crippen molar-refractivity contribution in [3.8, 4) is 0 Å². The van der Waals surface area contributed by atoms with Gasteiger partial charge in [0.15, 0.2) is 5.82 Å². The van der Waals surface area contributed by atoms with Gasteiger partial charge >= 0.3 is 0 Å². The number of nitrogens with zero attached hydrogens (tertiary/aromatic N) is 2. The molecule has 1 fully saturated rings. The molecule has 0 aliphatic heterocycles. The average Bonchev–Trinajstić information content (AvgIpc) is 2.76. The molecule has 0 radical (unpaired) electrons. The Kier molecular flexibility index (Phi) is 3.72. The summed E-state index contributed by atoms with van der Waals surface area (Å²) >= 11 is 0. The highest BCUT2D eigenvalue weighted by Crippen LogP contribution is 2.30. The summed E-state index contributed by atoms with van der Waals surface area (Å²) in [7, 11) is 0. The summed E-state index contributed by atoms with van der Waals surface area (Å²) in [5.74, 6) is 2.60. The zero-order valence-electron chi connectivity index (χ0n) is 9.42. The number of aromatic nitrogens is 3. The molecule has 15 heavy (non-hydrogen) atoms. The van der Waals surface area contributed by atoms with Crippen molar-refractivity contribution in [3.05, 3.63) is 11.6 Å². The molecule has 1 heterocycles. The normalized spacial score (nSPS) is 18.2. The van der Waals surface area contributed by atoms with Gasteiger partial charge in [0.25, 0.3) is 0 Å². The summed E-state index contributed by atoms with van der Waals surface area (Å²) in [5, 5.41) is 10.6. The predicted octanol–water partition coefficient (Wildman–Crippen LogP) is 1.96. The molecule has 1 aromatic heterocycles. The van der Waals surface area contributed by atoms with Crippen molar-refractivity contribution in [1.29, 1.82) is 0 Å². The maximum atomic E-state index is 4.54. The van der Waals surface area contributed by atoms with Crippen LogP contribution >= 0.6 is 0 Å². The van der Waals surface area contributed by atoms with Crippen LogP contribution in [-0.2, 0) is 6.54 Å². The van der Waals surface area contributed by atoms with Crippen molar-refractivity contribution < 1.29 is 0 Å². The van der Waals surface area contributed by atoms with E-state index in [2.05, 4.69) is 27.4 Å². The van der Waals surface area contributed by atoms with Crippen LogP contribution in [0.1, 0.15) is 56.6 Å². The van der Waals surface area contributed by atoms with Gasteiger partial charge in [-0.1, -0.05) is 26.2 Å². The number of aromatic amines is 1. The molecule has 0 unspecified atom stereocenters. The third-order valence-corrected chi connectivity index (χ3v) is 3.06. The molecule has 1 aliphatic carbocycles. The van der Waals surface area contributed by atoms with Crippen molar-refractivity contribution in [2.45, 2.75) is 51.5 Å². The first kappa shape index (κ1) is 10.6. The molecule has 1 saturated carbocycles. The molecule has 1 aromatic rings. The van der Waals surface area contributed by atoms with Crippen LogP contribution in [0, 0.1) is 0 Å². The van der Waals surface area contributed by atoms with Gasteiger partial charge in [0.1, 0.15) is 5.82 Å². The summed E-state index contributed by atoms with van der Waals surface area (Å²) in [6.07, 6.45) is 6.58. The van der Waals surface area contributed by atoms with Crippen LogP contribution in [0.3, 0.4) is 0 Å². The lowest BCUT2D eigenvalue weighted by Gasteiger charge is -2.17. The van der Waals surface area contributed by atoms with Crippen LogP contribution < -0.4 is 5.32 Å². The molecule has 84 valence electrons. The van der Waals surface area contributed by atoms with Gasteiger partial charge in [-0.25, -0.2) is 4.98 Å². The van der Waals surface area contributed by atoms with Crippen LogP contribution in [0.2, 0.25) is 0 Å². The third kappa shape index (κ3) is 2.78. The Bertz CT molecular complexity index is 289. The van der Waals surface area contributed by atoms with Crippen LogP contribution in [0.4, 0.5) is 0 Å². The number of nitrogens with one attached hydrogen (secondary N) is 2. The monoisotopic (exact) mass is 208 g/mol. The van der Waals surface area contributed by atoms with E-state index in [1.807, 2.05) is 0 Å². The molecular weight excluding hydrogens is 188 g/mol. The van der Waals surface area contributed by atoms with Gasteiger partial charge in [-0.05, 0) is 19.4 Å². The molecule has 1 aliphatic rings. The number of rotatable bonds is 4. The molecule has 4 nitrogen and oxygen atoms in total. The molecule has 2 N–H and O–H groups in total. The lowest BCUT2D eigenvalue weighted by molar-refractivity contribution is 0.429. The number of hydrogen-bond donors (Lipinski definition) is 2. The quantitative estimate of drug-likeness (QED) is 0.795. The zero-order valence-corrected chi connectivity index (χ0v) is 9.42. The Morgan fingerprint density at radius 2 is 2.13 bits per heavy atom. The Hall–Kier alpha value is -0.900. The first-order chi connectivity index (χ1) is 7.40. The van der Waals surface area contributed by atoms with Crippen LogP contribution in [0.25, 0.3) is 0 Å². The fourth-order valence-corrected chi connectivity index (χ4v) is 2.18. The average molecular weight is 208 g/mol. The highest BCUT2D eigenvalue weighted by atomic mass is 15.2. The molecule has 4 heteroatoms. The second kappa shape index (κ2) is 5.26. The number of H-pyrrole nitrogens is 1. The Labute approximate surface area is 90.9 Å². The molecule has 0 saturated heterocycles. The standard InChI is InChI=1S/C11H20N4/c1-2-12-8-10-13-11(15-14-10)9-6-4-3-5-7-9/h9,12H,2-8H2,1H3,(H,13,14,15). The first-order valence-corrected chi connectivity index (χ1v) is 6.02. The fraction of sp³-hybridized carbons (Fsp3) is 0.818. The molecule has 0 atom stereocenters. The van der Waals surface area contributed by atoms with Crippen LogP contribution in [-0.4, -0.2) is 21.7 Å². The first-order valence-electron chi connectivity index (χ1n) is 6.02. The molecule has 0 amide bonds. The van der Waals surface area contributed by atoms with Gasteiger partial charge < -0.3 is 5.32 Å². The van der Waals surface area contributed by atoms with Gasteiger partial charge in [-0.2, -0.15) is 5.10 Å². The minimum Gasteiger partial charge on any atom is -0.310 e. The van der Waals surface area contributed by atoms with Crippen molar-refractivity contribution in [1.82, 2.24) is 20.5 Å². The summed E-state index contributed by atoms with van der Waals surface area (Å²) < 4.78 is 0. The summed E-state index contributed by atoms with van der Waals surface area (Å²) in [6, 6.07) is 0. The summed E-state index contributed by atoms with van der Waals surface area (Å²) in [4.78, 5) is 4.54. The van der Waals surface area contributed by atoms with Gasteiger partial charge in [-0.15, -0.1) is 0 Å². The lowest BCUT2D eigenvalue weighted by atomic mass is 9.89. The van der Waals surface area contributed by atoms with E-state index in [0.29, 0.717) is 5.92 Å². The van der Waals surface area contributed by atoms with E-state index in [1.165, 1.54) is 32.1 Å². The van der Waals surface area contributed by atoms with Crippen molar-refractivity contribution in [2.75, 3.05) is 6.54 Å². The van der Waals surface area contributed by atoms with E-state index in [4.69, 9.17) is 0 Å². The van der Waals surface area contributed by atoms with Gasteiger partial charge in [0.2, 0.25) is 0 Å². The Morgan fingerprint density at radius 3 is 2.87 bits per heavy atom. The zero-order chi connectivity index (χ0) is 10.5. The molecule has 0 bridgehead atoms. The van der Waals surface area contributed by atoms with E-state index < -0.39 is 0 Å². The summed E-state index contributed by atoms with van der Waals surface area (Å²) in [5.41, 5.74) is 0. The minimum atomic E-state index is 0.602. The predicted molar refractivity (Wildman–Crippen MR) is 59.6 cm³/mol. The molecular formula is C11H20N4. The molecule has 0 aromatic carbocycles. The van der Waals surface area contributed by atoms with E-state index in [0.717, 1.165) is 24.7 Å². The van der Waals surface area contributed by atoms with Crippen molar-refractivity contribution in [2.24, 2.45) is 0 Å². The smallest absolute Gasteiger partial charge is 0.153 e. The van der Waals surface area contributed by atoms with E-state index in [1.54, 1.807) is 0 Å². The van der Waals surface area contributed by atoms with Gasteiger partial charge in [0.05, 0.1) is 6.54 Å². The van der Waals surface area contributed by atoms with Crippen molar-refractivity contribution in [3.63, 3.8) is 0 Å². The third-order valence-electron chi connectivity index (χ3n) is 3.06. The lowest BCUT2D eigenvalue weighted by Crippen LogP contribution is -2.13. The summed E-state index contributed by atoms with van der Waals surface area (Å²) in [6.45, 7) is 3.87. The van der Waals surface area contributed by atoms with E-state index >= 15 is 0 Å². The van der Waals surface area contributed by atoms with Crippen LogP contribution in [0.15, 0.2) is 0 Å². The second-order valence-corrected chi connectivity index (χ2v) is 4.26. The topological polar surface area (TPSA) is 53.6 Å². The maximum Gasteiger partial charge on any atom is 0.153 e. The Balaban J connectivity index is 1.93. The van der Waals surface area contributed by atoms with Crippen LogP contribution in [0.5, 0.6) is 0 Å². The Morgan fingerprint density at radius 1 is 1.33 bits per heavy atom. The molecule has 2 rings (SSSR count). The number of hydrogen-bond acceptors (Lipinski definition) is 3. The van der Waals surface area contributed by atoms with Crippen molar-refractivity contribution >= 4 is 0 Å². The van der Waals surface area contributed by atoms with Gasteiger partial charge in [-0.3, -0.25) is 5.10 Å². The van der Waals surface area contributed by atoms with E-state index in [-0.39, 0.29) is 0 Å². The highest BCUT2D eigenvalue weighted by Gasteiger charge is 2.19. The SMILES string of the molecule is CCNCc1nc(C2CCCCC2)n[nH]1. The fourth-order valence-electron chi connectivity index (χ4n) is 2.18. The largest absolute Gasteiger partial charge is 0.310 e. The van der Waals surface area contributed by atoms with E-state index in [9.17, 15) is 0 Å². The molecule has 0 spiro atoms. The minimum absolute atomic E-state index is 0.602. The highest BCUT2D eigenvalue weighted by molar-refractivity contribution is 4.98.